The summed E-state index contributed by atoms with van der Waals surface area (Å²) in [6.07, 6.45) is 5.47. The Labute approximate surface area is 226 Å². The largest absolute Gasteiger partial charge is 0.456 e. The number of ether oxygens (including phenoxy) is 1. The van der Waals surface area contributed by atoms with Gasteiger partial charge in [-0.05, 0) is 37.7 Å². The van der Waals surface area contributed by atoms with E-state index >= 15 is 0 Å². The summed E-state index contributed by atoms with van der Waals surface area (Å²) in [5.74, 6) is -2.43. The van der Waals surface area contributed by atoms with Gasteiger partial charge in [0.15, 0.2) is 0 Å². The Morgan fingerprint density at radius 1 is 0.946 bits per heavy atom. The van der Waals surface area contributed by atoms with Gasteiger partial charge in [0.05, 0.1) is 6.42 Å². The number of nitrogens with one attached hydrogen (secondary N) is 4. The fourth-order valence-electron chi connectivity index (χ4n) is 3.65. The van der Waals surface area contributed by atoms with Crippen LogP contribution in [0.25, 0.3) is 0 Å². The van der Waals surface area contributed by atoms with Crippen molar-refractivity contribution in [1.29, 1.82) is 0 Å². The zero-order valence-corrected chi connectivity index (χ0v) is 23.6. The summed E-state index contributed by atoms with van der Waals surface area (Å²) >= 11 is 0. The number of rotatable bonds is 2. The lowest BCUT2D eigenvalue weighted by Crippen LogP contribution is -2.57. The maximum absolute atomic E-state index is 13.2. The first-order chi connectivity index (χ1) is 17.5. The molecule has 37 heavy (non-hydrogen) atoms. The van der Waals surface area contributed by atoms with Crippen LogP contribution in [0.3, 0.4) is 0 Å². The van der Waals surface area contributed by atoms with Crippen LogP contribution in [0.5, 0.6) is 0 Å². The summed E-state index contributed by atoms with van der Waals surface area (Å²) in [5, 5.41) is 10.7. The van der Waals surface area contributed by atoms with Gasteiger partial charge in [-0.1, -0.05) is 61.4 Å². The van der Waals surface area contributed by atoms with E-state index in [0.717, 1.165) is 12.2 Å². The third kappa shape index (κ3) is 9.73. The second-order valence-corrected chi connectivity index (χ2v) is 12.2. The van der Waals surface area contributed by atoms with Crippen molar-refractivity contribution in [2.24, 2.45) is 11.8 Å². The van der Waals surface area contributed by atoms with Crippen LogP contribution in [0.4, 0.5) is 0 Å². The van der Waals surface area contributed by atoms with Gasteiger partial charge in [-0.2, -0.15) is 0 Å². The molecule has 1 saturated heterocycles. The minimum atomic E-state index is -1.00. The average molecular weight is 555 g/mol. The maximum atomic E-state index is 13.2. The molecule has 0 aliphatic carbocycles. The van der Waals surface area contributed by atoms with E-state index in [-0.39, 0.29) is 29.7 Å². The third-order valence-corrected chi connectivity index (χ3v) is 8.32. The molecule has 2 aliphatic rings. The van der Waals surface area contributed by atoms with Crippen molar-refractivity contribution in [3.05, 3.63) is 23.9 Å². The molecule has 0 aromatic carbocycles. The fraction of sp³-hybridized carbons (Fsp3) is 0.640. The summed E-state index contributed by atoms with van der Waals surface area (Å²) in [7, 11) is 3.03. The summed E-state index contributed by atoms with van der Waals surface area (Å²) in [4.78, 5) is 65.4. The quantitative estimate of drug-likeness (QED) is 0.175. The molecular weight excluding hydrogens is 516 g/mol. The number of amides is 4. The van der Waals surface area contributed by atoms with E-state index in [0.29, 0.717) is 6.42 Å². The molecule has 0 unspecified atom stereocenters. The Morgan fingerprint density at radius 2 is 1.65 bits per heavy atom. The van der Waals surface area contributed by atoms with Gasteiger partial charge in [-0.25, -0.2) is 4.79 Å². The molecule has 2 bridgehead atoms. The van der Waals surface area contributed by atoms with Crippen LogP contribution < -0.4 is 21.3 Å². The van der Waals surface area contributed by atoms with Crippen molar-refractivity contribution >= 4 is 51.2 Å². The van der Waals surface area contributed by atoms with E-state index in [1.807, 2.05) is 6.08 Å². The van der Waals surface area contributed by atoms with E-state index in [2.05, 4.69) is 21.3 Å². The lowest BCUT2D eigenvalue weighted by Gasteiger charge is -2.28. The highest BCUT2D eigenvalue weighted by atomic mass is 33.1. The molecule has 0 aromatic heterocycles. The van der Waals surface area contributed by atoms with Crippen LogP contribution in [-0.4, -0.2) is 65.3 Å². The highest BCUT2D eigenvalue weighted by Crippen LogP contribution is 2.24. The van der Waals surface area contributed by atoms with E-state index < -0.39 is 53.8 Å². The second kappa shape index (κ2) is 15.1. The summed E-state index contributed by atoms with van der Waals surface area (Å²) in [6.45, 7) is 8.68. The Hall–Kier alpha value is -2.47. The van der Waals surface area contributed by atoms with Crippen LogP contribution in [0, 0.1) is 11.8 Å². The molecule has 2 rings (SSSR count). The molecule has 206 valence electrons. The molecule has 10 nitrogen and oxygen atoms in total. The molecule has 4 N–H and O–H groups in total. The molecule has 0 spiro atoms. The first-order valence-electron chi connectivity index (χ1n) is 12.5. The van der Waals surface area contributed by atoms with Gasteiger partial charge in [0, 0.05) is 11.5 Å². The number of hydrogen-bond donors (Lipinski definition) is 4. The summed E-state index contributed by atoms with van der Waals surface area (Å²) in [5.41, 5.74) is -0.0429. The number of carbonyl (C=O) groups excluding carboxylic acids is 5. The van der Waals surface area contributed by atoms with Gasteiger partial charge in [-0.15, -0.1) is 0 Å². The summed E-state index contributed by atoms with van der Waals surface area (Å²) < 4.78 is 5.67. The number of fused-ring (bicyclic) bond motifs is 7. The SMILES string of the molecule is C/C=C1\NC(=O)[C@H]2CSSCCC/C=C/[C@H](CC(=O)N[C@H](C(C)C)C(=O)N2)OC(=O)[C@H](C(C)C)NC1=O. The number of allylic oxidation sites excluding steroid dienone is 2. The highest BCUT2D eigenvalue weighted by Gasteiger charge is 2.33. The fourth-order valence-corrected chi connectivity index (χ4v) is 5.92. The van der Waals surface area contributed by atoms with E-state index in [1.54, 1.807) is 51.5 Å². The lowest BCUT2D eigenvalue weighted by atomic mass is 10.0. The molecule has 2 heterocycles. The zero-order chi connectivity index (χ0) is 27.5. The van der Waals surface area contributed by atoms with Gasteiger partial charge in [0.2, 0.25) is 17.7 Å². The van der Waals surface area contributed by atoms with Gasteiger partial charge in [0.1, 0.15) is 29.9 Å². The maximum Gasteiger partial charge on any atom is 0.329 e. The first-order valence-corrected chi connectivity index (χ1v) is 15.0. The molecule has 12 heteroatoms. The predicted octanol–water partition coefficient (Wildman–Crippen LogP) is 1.82. The molecule has 1 fully saturated rings. The summed E-state index contributed by atoms with van der Waals surface area (Å²) in [6, 6.07) is -2.87. The molecule has 0 aromatic rings. The Balaban J connectivity index is 2.55. The molecule has 0 radical (unpaired) electrons. The van der Waals surface area contributed by atoms with Crippen molar-refractivity contribution in [2.75, 3.05) is 11.5 Å². The minimum Gasteiger partial charge on any atom is -0.456 e. The van der Waals surface area contributed by atoms with E-state index in [9.17, 15) is 24.0 Å². The predicted molar refractivity (Wildman–Crippen MR) is 145 cm³/mol. The van der Waals surface area contributed by atoms with Crippen LogP contribution in [-0.2, 0) is 28.7 Å². The third-order valence-electron chi connectivity index (χ3n) is 5.82. The van der Waals surface area contributed by atoms with Gasteiger partial charge in [-0.3, -0.25) is 19.2 Å². The number of hydrogen-bond acceptors (Lipinski definition) is 8. The van der Waals surface area contributed by atoms with Crippen molar-refractivity contribution in [1.82, 2.24) is 21.3 Å². The minimum absolute atomic E-state index is 0.0429. The van der Waals surface area contributed by atoms with Crippen molar-refractivity contribution in [3.8, 4) is 0 Å². The van der Waals surface area contributed by atoms with Crippen LogP contribution in [0.1, 0.15) is 53.9 Å². The van der Waals surface area contributed by atoms with Crippen LogP contribution in [0.15, 0.2) is 23.9 Å². The van der Waals surface area contributed by atoms with Crippen LogP contribution in [0.2, 0.25) is 0 Å². The van der Waals surface area contributed by atoms with Gasteiger partial charge in [0.25, 0.3) is 5.91 Å². The second-order valence-electron chi connectivity index (χ2n) is 9.59. The highest BCUT2D eigenvalue weighted by molar-refractivity contribution is 8.76. The number of esters is 1. The molecule has 0 saturated carbocycles. The lowest BCUT2D eigenvalue weighted by molar-refractivity contribution is -0.153. The molecule has 4 atom stereocenters. The van der Waals surface area contributed by atoms with Gasteiger partial charge < -0.3 is 26.0 Å². The average Bonchev–Trinajstić information content (AvgIpc) is 2.82. The monoisotopic (exact) mass is 554 g/mol. The normalized spacial score (nSPS) is 29.5. The standard InChI is InChI=1S/C25H38N4O6S2/c1-6-17-22(31)29-21(15(4)5)25(34)35-16-10-8-7-9-11-36-37-13-18(23(32)26-17)27-24(33)20(14(2)3)28-19(30)12-16/h6,8,10,14-16,18,20-21H,7,9,11-13H2,1-5H3,(H,26,32)(H,27,33)(H,28,30)(H,29,31)/b10-8+,17-6-/t16-,18-,20-,21+/m1/s1. The topological polar surface area (TPSA) is 143 Å². The Bertz CT molecular complexity index is 921. The van der Waals surface area contributed by atoms with Gasteiger partial charge >= 0.3 is 5.97 Å². The smallest absolute Gasteiger partial charge is 0.329 e. The number of carbonyl (C=O) groups is 5. The van der Waals surface area contributed by atoms with Crippen molar-refractivity contribution in [2.45, 2.75) is 78.1 Å². The van der Waals surface area contributed by atoms with Crippen molar-refractivity contribution in [3.63, 3.8) is 0 Å². The Kier molecular flexibility index (Phi) is 12.5. The van der Waals surface area contributed by atoms with Crippen LogP contribution >= 0.6 is 21.6 Å². The molecule has 4 amide bonds. The molecular formula is C25H38N4O6S2. The van der Waals surface area contributed by atoms with E-state index in [4.69, 9.17) is 4.74 Å². The first kappa shape index (κ1) is 30.8. The molecule has 2 aliphatic heterocycles. The van der Waals surface area contributed by atoms with E-state index in [1.165, 1.54) is 16.9 Å². The Morgan fingerprint density at radius 3 is 2.30 bits per heavy atom. The zero-order valence-electron chi connectivity index (χ0n) is 22.0. The van der Waals surface area contributed by atoms with Crippen molar-refractivity contribution < 1.29 is 28.7 Å².